The van der Waals surface area contributed by atoms with Crippen LogP contribution >= 0.6 is 15.9 Å². The van der Waals surface area contributed by atoms with Crippen LogP contribution in [0.1, 0.15) is 0 Å². The van der Waals surface area contributed by atoms with Crippen LogP contribution in [-0.2, 0) is 0 Å². The summed E-state index contributed by atoms with van der Waals surface area (Å²) in [6.07, 6.45) is 0. The third kappa shape index (κ3) is 2.21. The van der Waals surface area contributed by atoms with Crippen LogP contribution < -0.4 is 4.74 Å². The molecule has 1 aromatic heterocycles. The molecule has 0 atom stereocenters. The summed E-state index contributed by atoms with van der Waals surface area (Å²) < 4.78 is 19.9. The van der Waals surface area contributed by atoms with Crippen LogP contribution in [0.4, 0.5) is 4.39 Å². The molecule has 0 bridgehead atoms. The molecule has 0 saturated heterocycles. The van der Waals surface area contributed by atoms with E-state index in [-0.39, 0.29) is 5.82 Å². The number of halogens is 2. The standard InChI is InChI=1S/C14H10BrFN2O/c1-19-9-3-4-10(11(16)7-9)14-17-12-5-2-8(15)6-13(12)18-14/h2-7H,1H3,(H,17,18). The number of aromatic amines is 1. The molecule has 2 aromatic carbocycles. The molecular weight excluding hydrogens is 311 g/mol. The number of nitrogens with one attached hydrogen (secondary N) is 1. The van der Waals surface area contributed by atoms with Crippen molar-refractivity contribution in [1.29, 1.82) is 0 Å². The molecule has 1 N–H and O–H groups in total. The largest absolute Gasteiger partial charge is 0.497 e. The van der Waals surface area contributed by atoms with Crippen LogP contribution in [0.15, 0.2) is 40.9 Å². The summed E-state index contributed by atoms with van der Waals surface area (Å²) in [5.41, 5.74) is 2.08. The Morgan fingerprint density at radius 2 is 2.05 bits per heavy atom. The Morgan fingerprint density at radius 1 is 1.21 bits per heavy atom. The van der Waals surface area contributed by atoms with E-state index in [1.54, 1.807) is 12.1 Å². The smallest absolute Gasteiger partial charge is 0.141 e. The number of benzene rings is 2. The van der Waals surface area contributed by atoms with E-state index in [2.05, 4.69) is 25.9 Å². The third-order valence-electron chi connectivity index (χ3n) is 2.88. The predicted molar refractivity (Wildman–Crippen MR) is 75.7 cm³/mol. The zero-order valence-electron chi connectivity index (χ0n) is 10.1. The average molecular weight is 321 g/mol. The highest BCUT2D eigenvalue weighted by Crippen LogP contribution is 2.27. The summed E-state index contributed by atoms with van der Waals surface area (Å²) in [5.74, 6) is 0.630. The zero-order valence-corrected chi connectivity index (χ0v) is 11.7. The molecule has 0 radical (unpaired) electrons. The first kappa shape index (κ1) is 12.2. The Bertz CT molecular complexity index is 754. The Balaban J connectivity index is 2.13. The number of H-pyrrole nitrogens is 1. The Hall–Kier alpha value is -1.88. The fraction of sp³-hybridized carbons (Fsp3) is 0.0714. The van der Waals surface area contributed by atoms with Crippen LogP contribution in [0.25, 0.3) is 22.4 Å². The van der Waals surface area contributed by atoms with Gasteiger partial charge in [-0.15, -0.1) is 0 Å². The van der Waals surface area contributed by atoms with E-state index in [4.69, 9.17) is 4.74 Å². The summed E-state index contributed by atoms with van der Waals surface area (Å²) in [4.78, 5) is 7.49. The maximum Gasteiger partial charge on any atom is 0.141 e. The van der Waals surface area contributed by atoms with Gasteiger partial charge in [0.1, 0.15) is 17.4 Å². The van der Waals surface area contributed by atoms with Crippen LogP contribution in [0, 0.1) is 5.82 Å². The van der Waals surface area contributed by atoms with Crippen LogP contribution in [0.5, 0.6) is 5.75 Å². The van der Waals surface area contributed by atoms with Gasteiger partial charge >= 0.3 is 0 Å². The number of nitrogens with zero attached hydrogens (tertiary/aromatic N) is 1. The van der Waals surface area contributed by atoms with Gasteiger partial charge in [-0.05, 0) is 30.3 Å². The molecule has 0 fully saturated rings. The second-order valence-electron chi connectivity index (χ2n) is 4.09. The van der Waals surface area contributed by atoms with E-state index in [1.807, 2.05) is 18.2 Å². The lowest BCUT2D eigenvalue weighted by Gasteiger charge is -2.02. The van der Waals surface area contributed by atoms with Crippen molar-refractivity contribution in [2.24, 2.45) is 0 Å². The van der Waals surface area contributed by atoms with Gasteiger partial charge in [0.25, 0.3) is 0 Å². The highest BCUT2D eigenvalue weighted by Gasteiger charge is 2.11. The molecule has 19 heavy (non-hydrogen) atoms. The van der Waals surface area contributed by atoms with E-state index in [0.29, 0.717) is 17.1 Å². The lowest BCUT2D eigenvalue weighted by Crippen LogP contribution is -1.89. The van der Waals surface area contributed by atoms with Crippen molar-refractivity contribution in [3.8, 4) is 17.1 Å². The quantitative estimate of drug-likeness (QED) is 0.770. The first-order valence-electron chi connectivity index (χ1n) is 5.66. The number of fused-ring (bicyclic) bond motifs is 1. The highest BCUT2D eigenvalue weighted by atomic mass is 79.9. The molecule has 3 aromatic rings. The number of methoxy groups -OCH3 is 1. The zero-order chi connectivity index (χ0) is 13.4. The van der Waals surface area contributed by atoms with Crippen LogP contribution in [-0.4, -0.2) is 17.1 Å². The number of aromatic nitrogens is 2. The molecule has 0 saturated carbocycles. The fourth-order valence-corrected chi connectivity index (χ4v) is 2.29. The topological polar surface area (TPSA) is 37.9 Å². The molecule has 0 aliphatic heterocycles. The first-order valence-corrected chi connectivity index (χ1v) is 6.46. The van der Waals surface area contributed by atoms with Crippen LogP contribution in [0.3, 0.4) is 0 Å². The summed E-state index contributed by atoms with van der Waals surface area (Å²) in [6.45, 7) is 0. The van der Waals surface area contributed by atoms with Gasteiger partial charge in [0, 0.05) is 10.5 Å². The lowest BCUT2D eigenvalue weighted by molar-refractivity contribution is 0.411. The minimum atomic E-state index is -0.363. The van der Waals surface area contributed by atoms with Gasteiger partial charge < -0.3 is 9.72 Å². The molecule has 0 amide bonds. The second kappa shape index (κ2) is 4.66. The van der Waals surface area contributed by atoms with Gasteiger partial charge in [0.15, 0.2) is 0 Å². The van der Waals surface area contributed by atoms with Crippen molar-refractivity contribution >= 4 is 27.0 Å². The maximum absolute atomic E-state index is 14.0. The minimum absolute atomic E-state index is 0.363. The molecule has 1 heterocycles. The summed E-state index contributed by atoms with van der Waals surface area (Å²) in [7, 11) is 1.51. The van der Waals surface area contributed by atoms with Gasteiger partial charge in [-0.3, -0.25) is 0 Å². The van der Waals surface area contributed by atoms with Crippen molar-refractivity contribution in [2.45, 2.75) is 0 Å². The maximum atomic E-state index is 14.0. The van der Waals surface area contributed by atoms with E-state index in [9.17, 15) is 4.39 Å². The molecule has 5 heteroatoms. The number of imidazole rings is 1. The highest BCUT2D eigenvalue weighted by molar-refractivity contribution is 9.10. The Morgan fingerprint density at radius 3 is 2.79 bits per heavy atom. The van der Waals surface area contributed by atoms with Crippen molar-refractivity contribution in [3.05, 3.63) is 46.7 Å². The average Bonchev–Trinajstić information content (AvgIpc) is 2.81. The summed E-state index contributed by atoms with van der Waals surface area (Å²) in [6, 6.07) is 10.4. The molecule has 3 nitrogen and oxygen atoms in total. The molecule has 96 valence electrons. The van der Waals surface area contributed by atoms with E-state index in [0.717, 1.165) is 15.5 Å². The van der Waals surface area contributed by atoms with Gasteiger partial charge in [-0.1, -0.05) is 15.9 Å². The van der Waals surface area contributed by atoms with Crippen molar-refractivity contribution in [3.63, 3.8) is 0 Å². The number of hydrogen-bond donors (Lipinski definition) is 1. The van der Waals surface area contributed by atoms with E-state index < -0.39 is 0 Å². The number of hydrogen-bond acceptors (Lipinski definition) is 2. The first-order chi connectivity index (χ1) is 9.17. The monoisotopic (exact) mass is 320 g/mol. The predicted octanol–water partition coefficient (Wildman–Crippen LogP) is 4.14. The lowest BCUT2D eigenvalue weighted by atomic mass is 10.2. The van der Waals surface area contributed by atoms with Crippen molar-refractivity contribution in [1.82, 2.24) is 9.97 Å². The van der Waals surface area contributed by atoms with Crippen LogP contribution in [0.2, 0.25) is 0 Å². The fourth-order valence-electron chi connectivity index (χ4n) is 1.92. The third-order valence-corrected chi connectivity index (χ3v) is 3.37. The summed E-state index contributed by atoms with van der Waals surface area (Å²) in [5, 5.41) is 0. The number of ether oxygens (including phenoxy) is 1. The normalized spacial score (nSPS) is 10.9. The van der Waals surface area contributed by atoms with Gasteiger partial charge in [0.2, 0.25) is 0 Å². The Kier molecular flexibility index (Phi) is 2.98. The molecule has 0 aliphatic carbocycles. The Labute approximate surface area is 117 Å². The van der Waals surface area contributed by atoms with Crippen molar-refractivity contribution in [2.75, 3.05) is 7.11 Å². The molecule has 0 aliphatic rings. The molecule has 0 unspecified atom stereocenters. The van der Waals surface area contributed by atoms with E-state index in [1.165, 1.54) is 13.2 Å². The summed E-state index contributed by atoms with van der Waals surface area (Å²) >= 11 is 3.39. The van der Waals surface area contributed by atoms with E-state index >= 15 is 0 Å². The van der Waals surface area contributed by atoms with Gasteiger partial charge in [0.05, 0.1) is 23.7 Å². The number of rotatable bonds is 2. The SMILES string of the molecule is COc1ccc(-c2nc3ccc(Br)cc3[nH]2)c(F)c1. The second-order valence-corrected chi connectivity index (χ2v) is 5.01. The van der Waals surface area contributed by atoms with Gasteiger partial charge in [-0.25, -0.2) is 9.37 Å². The molecular formula is C14H10BrFN2O. The van der Waals surface area contributed by atoms with Crippen molar-refractivity contribution < 1.29 is 9.13 Å². The molecule has 3 rings (SSSR count). The minimum Gasteiger partial charge on any atom is -0.497 e. The van der Waals surface area contributed by atoms with Gasteiger partial charge in [-0.2, -0.15) is 0 Å². The molecule has 0 spiro atoms.